The van der Waals surface area contributed by atoms with Crippen molar-refractivity contribution in [2.45, 2.75) is 44.4 Å². The lowest BCUT2D eigenvalue weighted by atomic mass is 9.88. The Morgan fingerprint density at radius 1 is 1.06 bits per heavy atom. The first-order valence-corrected chi connectivity index (χ1v) is 12.2. The van der Waals surface area contributed by atoms with Gasteiger partial charge in [-0.3, -0.25) is 4.79 Å². The number of fused-ring (bicyclic) bond motifs is 1. The molecule has 0 atom stereocenters. The number of anilines is 2. The summed E-state index contributed by atoms with van der Waals surface area (Å²) >= 11 is 0. The van der Waals surface area contributed by atoms with Crippen LogP contribution in [0.3, 0.4) is 0 Å². The molecule has 2 heterocycles. The molecule has 0 unspecified atom stereocenters. The number of carbonyl (C=O) groups excluding carboxylic acids is 1. The van der Waals surface area contributed by atoms with E-state index < -0.39 is 0 Å². The SMILES string of the molecule is CCOC(=O)CNc1ccc2nc(C3CC3)nc(N3CCC(c4ccccc4OC)CC3)c2c1. The lowest BCUT2D eigenvalue weighted by Gasteiger charge is -2.34. The van der Waals surface area contributed by atoms with E-state index in [0.29, 0.717) is 18.4 Å². The molecule has 0 radical (unpaired) electrons. The van der Waals surface area contributed by atoms with Gasteiger partial charge in [-0.25, -0.2) is 9.97 Å². The number of nitrogens with one attached hydrogen (secondary N) is 1. The monoisotopic (exact) mass is 460 g/mol. The van der Waals surface area contributed by atoms with Crippen LogP contribution >= 0.6 is 0 Å². The maximum Gasteiger partial charge on any atom is 0.325 e. The molecule has 1 aliphatic heterocycles. The van der Waals surface area contributed by atoms with Gasteiger partial charge in [-0.15, -0.1) is 0 Å². The first-order valence-electron chi connectivity index (χ1n) is 12.2. The van der Waals surface area contributed by atoms with Crippen LogP contribution in [0.4, 0.5) is 11.5 Å². The number of methoxy groups -OCH3 is 1. The molecule has 1 aromatic heterocycles. The first kappa shape index (κ1) is 22.4. The number of aromatic nitrogens is 2. The molecule has 1 saturated carbocycles. The summed E-state index contributed by atoms with van der Waals surface area (Å²) in [5.74, 6) is 3.64. The van der Waals surface area contributed by atoms with Gasteiger partial charge in [0.15, 0.2) is 0 Å². The fraction of sp³-hybridized carbons (Fsp3) is 0.444. The maximum absolute atomic E-state index is 11.8. The van der Waals surface area contributed by atoms with Gasteiger partial charge in [-0.2, -0.15) is 0 Å². The van der Waals surface area contributed by atoms with Crippen LogP contribution in [0.25, 0.3) is 10.9 Å². The van der Waals surface area contributed by atoms with E-state index in [-0.39, 0.29) is 12.5 Å². The number of hydrogen-bond acceptors (Lipinski definition) is 7. The van der Waals surface area contributed by atoms with Crippen molar-refractivity contribution in [2.75, 3.05) is 43.6 Å². The van der Waals surface area contributed by atoms with Crippen LogP contribution < -0.4 is 15.0 Å². The number of ether oxygens (including phenoxy) is 2. The molecule has 5 rings (SSSR count). The molecule has 0 bridgehead atoms. The summed E-state index contributed by atoms with van der Waals surface area (Å²) in [5.41, 5.74) is 3.12. The van der Waals surface area contributed by atoms with Crippen molar-refractivity contribution >= 4 is 28.4 Å². The number of rotatable bonds is 8. The fourth-order valence-electron chi connectivity index (χ4n) is 4.80. The summed E-state index contributed by atoms with van der Waals surface area (Å²) in [7, 11) is 1.74. The predicted molar refractivity (Wildman–Crippen MR) is 134 cm³/mol. The highest BCUT2D eigenvalue weighted by Crippen LogP contribution is 2.41. The molecule has 1 aliphatic carbocycles. The number of carbonyl (C=O) groups is 1. The van der Waals surface area contributed by atoms with Gasteiger partial charge in [-0.1, -0.05) is 18.2 Å². The predicted octanol–water partition coefficient (Wildman–Crippen LogP) is 4.87. The minimum atomic E-state index is -0.262. The maximum atomic E-state index is 11.8. The van der Waals surface area contributed by atoms with E-state index in [0.717, 1.165) is 59.9 Å². The fourth-order valence-corrected chi connectivity index (χ4v) is 4.80. The summed E-state index contributed by atoms with van der Waals surface area (Å²) in [6, 6.07) is 14.4. The summed E-state index contributed by atoms with van der Waals surface area (Å²) in [6.45, 7) is 4.19. The lowest BCUT2D eigenvalue weighted by molar-refractivity contribution is -0.140. The Kier molecular flexibility index (Phi) is 6.52. The van der Waals surface area contributed by atoms with Crippen molar-refractivity contribution in [3.8, 4) is 5.75 Å². The van der Waals surface area contributed by atoms with Crippen molar-refractivity contribution in [3.63, 3.8) is 0 Å². The second kappa shape index (κ2) is 9.87. The molecule has 2 aromatic carbocycles. The largest absolute Gasteiger partial charge is 0.496 e. The van der Waals surface area contributed by atoms with Crippen LogP contribution in [0.5, 0.6) is 5.75 Å². The van der Waals surface area contributed by atoms with Crippen LogP contribution in [-0.4, -0.2) is 49.3 Å². The molecule has 0 amide bonds. The summed E-state index contributed by atoms with van der Waals surface area (Å²) in [5, 5.41) is 4.20. The smallest absolute Gasteiger partial charge is 0.325 e. The van der Waals surface area contributed by atoms with E-state index >= 15 is 0 Å². The van der Waals surface area contributed by atoms with Gasteiger partial charge >= 0.3 is 5.97 Å². The van der Waals surface area contributed by atoms with Crippen molar-refractivity contribution < 1.29 is 14.3 Å². The standard InChI is InChI=1S/C27H32N4O3/c1-3-34-25(32)17-28-20-10-11-23-22(16-20)27(30-26(29-23)19-8-9-19)31-14-12-18(13-15-31)21-6-4-5-7-24(21)33-2/h4-7,10-11,16,18-19,28H,3,8-9,12-15,17H2,1-2H3. The van der Waals surface area contributed by atoms with Gasteiger partial charge in [0, 0.05) is 30.1 Å². The third kappa shape index (κ3) is 4.79. The zero-order valence-electron chi connectivity index (χ0n) is 19.9. The molecule has 0 spiro atoms. The van der Waals surface area contributed by atoms with Gasteiger partial charge in [0.2, 0.25) is 0 Å². The molecule has 1 saturated heterocycles. The summed E-state index contributed by atoms with van der Waals surface area (Å²) in [6.07, 6.45) is 4.43. The molecule has 7 nitrogen and oxygen atoms in total. The van der Waals surface area contributed by atoms with Crippen molar-refractivity contribution in [3.05, 3.63) is 53.9 Å². The average molecular weight is 461 g/mol. The number of nitrogens with zero attached hydrogens (tertiary/aromatic N) is 3. The van der Waals surface area contributed by atoms with Crippen molar-refractivity contribution in [1.29, 1.82) is 0 Å². The van der Waals surface area contributed by atoms with Crippen molar-refractivity contribution in [1.82, 2.24) is 9.97 Å². The minimum absolute atomic E-state index is 0.139. The molecular formula is C27H32N4O3. The molecule has 3 aromatic rings. The van der Waals surface area contributed by atoms with E-state index in [1.165, 1.54) is 18.4 Å². The van der Waals surface area contributed by atoms with Gasteiger partial charge in [0.1, 0.15) is 23.9 Å². The normalized spacial score (nSPS) is 16.5. The summed E-state index contributed by atoms with van der Waals surface area (Å²) in [4.78, 5) is 24.1. The highest BCUT2D eigenvalue weighted by Gasteiger charge is 2.30. The Morgan fingerprint density at radius 2 is 1.85 bits per heavy atom. The average Bonchev–Trinajstić information content (AvgIpc) is 3.73. The van der Waals surface area contributed by atoms with E-state index in [4.69, 9.17) is 19.4 Å². The Balaban J connectivity index is 1.40. The van der Waals surface area contributed by atoms with Crippen molar-refractivity contribution in [2.24, 2.45) is 0 Å². The van der Waals surface area contributed by atoms with Gasteiger partial charge < -0.3 is 19.7 Å². The zero-order chi connectivity index (χ0) is 23.5. The number of piperidine rings is 1. The van der Waals surface area contributed by atoms with Gasteiger partial charge in [-0.05, 0) is 68.4 Å². The Labute approximate surface area is 200 Å². The van der Waals surface area contributed by atoms with E-state index in [1.54, 1.807) is 7.11 Å². The molecule has 178 valence electrons. The summed E-state index contributed by atoms with van der Waals surface area (Å²) < 4.78 is 10.6. The third-order valence-electron chi connectivity index (χ3n) is 6.75. The van der Waals surface area contributed by atoms with E-state index in [1.807, 2.05) is 31.2 Å². The quantitative estimate of drug-likeness (QED) is 0.480. The second-order valence-corrected chi connectivity index (χ2v) is 9.07. The Bertz CT molecular complexity index is 1170. The molecule has 1 N–H and O–H groups in total. The second-order valence-electron chi connectivity index (χ2n) is 9.07. The Hall–Kier alpha value is -3.35. The number of para-hydroxylation sites is 1. The third-order valence-corrected chi connectivity index (χ3v) is 6.75. The first-order chi connectivity index (χ1) is 16.7. The number of esters is 1. The number of hydrogen-bond donors (Lipinski definition) is 1. The molecule has 2 fully saturated rings. The van der Waals surface area contributed by atoms with Crippen LogP contribution in [0.2, 0.25) is 0 Å². The number of benzene rings is 2. The van der Waals surface area contributed by atoms with Gasteiger partial charge in [0.05, 0.1) is 19.2 Å². The minimum Gasteiger partial charge on any atom is -0.496 e. The molecule has 34 heavy (non-hydrogen) atoms. The van der Waals surface area contributed by atoms with Gasteiger partial charge in [0.25, 0.3) is 0 Å². The molecule has 2 aliphatic rings. The van der Waals surface area contributed by atoms with E-state index in [9.17, 15) is 4.79 Å². The van der Waals surface area contributed by atoms with Crippen LogP contribution in [0, 0.1) is 0 Å². The molecule has 7 heteroatoms. The Morgan fingerprint density at radius 3 is 2.59 bits per heavy atom. The zero-order valence-corrected chi connectivity index (χ0v) is 19.9. The highest BCUT2D eigenvalue weighted by molar-refractivity contribution is 5.92. The lowest BCUT2D eigenvalue weighted by Crippen LogP contribution is -2.34. The highest BCUT2D eigenvalue weighted by atomic mass is 16.5. The van der Waals surface area contributed by atoms with E-state index in [2.05, 4.69) is 28.4 Å². The van der Waals surface area contributed by atoms with Crippen LogP contribution in [0.1, 0.15) is 55.8 Å². The van der Waals surface area contributed by atoms with Crippen LogP contribution in [0.15, 0.2) is 42.5 Å². The topological polar surface area (TPSA) is 76.6 Å². The van der Waals surface area contributed by atoms with Crippen LogP contribution in [-0.2, 0) is 9.53 Å². The molecular weight excluding hydrogens is 428 g/mol.